The van der Waals surface area contributed by atoms with Gasteiger partial charge in [-0.3, -0.25) is 0 Å². The summed E-state index contributed by atoms with van der Waals surface area (Å²) in [5, 5.41) is 20.2. The molecule has 1 rings (SSSR count). The Bertz CT molecular complexity index is 320. The summed E-state index contributed by atoms with van der Waals surface area (Å²) < 4.78 is 25.8. The second-order valence-electron chi connectivity index (χ2n) is 3.20. The van der Waals surface area contributed by atoms with Crippen LogP contribution in [-0.4, -0.2) is 29.5 Å². The van der Waals surface area contributed by atoms with E-state index in [4.69, 9.17) is 10.2 Å². The van der Waals surface area contributed by atoms with Gasteiger partial charge in [0.05, 0.1) is 12.7 Å². The number of aliphatic hydroxyl groups excluding tert-OH is 2. The molecule has 3 N–H and O–H groups in total. The summed E-state index contributed by atoms with van der Waals surface area (Å²) in [6, 6.07) is 3.18. The highest BCUT2D eigenvalue weighted by Gasteiger charge is 2.05. The van der Waals surface area contributed by atoms with Gasteiger partial charge in [-0.15, -0.1) is 0 Å². The molecule has 0 aliphatic carbocycles. The lowest BCUT2D eigenvalue weighted by atomic mass is 10.2. The molecule has 1 unspecified atom stereocenters. The third-order valence-electron chi connectivity index (χ3n) is 1.91. The first-order valence-electron chi connectivity index (χ1n) is 4.57. The van der Waals surface area contributed by atoms with E-state index in [0.29, 0.717) is 0 Å². The first-order valence-corrected chi connectivity index (χ1v) is 4.57. The molecule has 0 aromatic heterocycles. The summed E-state index contributed by atoms with van der Waals surface area (Å²) in [6.45, 7) is -0.119. The molecule has 0 spiro atoms. The molecule has 1 aromatic carbocycles. The van der Waals surface area contributed by atoms with Gasteiger partial charge in [0.2, 0.25) is 0 Å². The zero-order valence-corrected chi connectivity index (χ0v) is 8.08. The summed E-state index contributed by atoms with van der Waals surface area (Å²) in [5.41, 5.74) is 0.195. The molecular weight excluding hydrogens is 204 g/mol. The molecule has 0 radical (unpaired) electrons. The molecule has 0 aliphatic heterocycles. The van der Waals surface area contributed by atoms with Gasteiger partial charge in [0.15, 0.2) is 0 Å². The van der Waals surface area contributed by atoms with Gasteiger partial charge in [-0.2, -0.15) is 0 Å². The van der Waals surface area contributed by atoms with Crippen LogP contribution in [0, 0.1) is 11.6 Å². The third kappa shape index (κ3) is 3.91. The number of rotatable bonds is 5. The zero-order chi connectivity index (χ0) is 11.3. The predicted molar refractivity (Wildman–Crippen MR) is 51.2 cm³/mol. The average Bonchev–Trinajstić information content (AvgIpc) is 2.23. The van der Waals surface area contributed by atoms with Crippen LogP contribution in [0.4, 0.5) is 8.78 Å². The van der Waals surface area contributed by atoms with E-state index in [1.54, 1.807) is 0 Å². The summed E-state index contributed by atoms with van der Waals surface area (Å²) in [7, 11) is 0. The maximum Gasteiger partial charge on any atom is 0.127 e. The Morgan fingerprint density at radius 3 is 2.73 bits per heavy atom. The Morgan fingerprint density at radius 1 is 1.33 bits per heavy atom. The van der Waals surface area contributed by atoms with Crippen molar-refractivity contribution in [3.8, 4) is 0 Å². The Kier molecular flexibility index (Phi) is 4.61. The van der Waals surface area contributed by atoms with Gasteiger partial charge in [-0.05, 0) is 18.2 Å². The van der Waals surface area contributed by atoms with Gasteiger partial charge < -0.3 is 15.5 Å². The predicted octanol–water partition coefficient (Wildman–Crippen LogP) is 0.408. The second kappa shape index (κ2) is 5.75. The zero-order valence-electron chi connectivity index (χ0n) is 8.08. The van der Waals surface area contributed by atoms with E-state index in [1.165, 1.54) is 0 Å². The minimum Gasteiger partial charge on any atom is -0.394 e. The number of hydrogen-bond donors (Lipinski definition) is 3. The maximum absolute atomic E-state index is 13.1. The highest BCUT2D eigenvalue weighted by atomic mass is 19.1. The topological polar surface area (TPSA) is 52.5 Å². The van der Waals surface area contributed by atoms with Crippen LogP contribution in [-0.2, 0) is 6.54 Å². The van der Waals surface area contributed by atoms with Gasteiger partial charge >= 0.3 is 0 Å². The summed E-state index contributed by atoms with van der Waals surface area (Å²) in [6.07, 6.45) is -0.887. The number of aliphatic hydroxyl groups is 2. The third-order valence-corrected chi connectivity index (χ3v) is 1.91. The molecule has 0 saturated carbocycles. The van der Waals surface area contributed by atoms with E-state index in [1.807, 2.05) is 0 Å². The summed E-state index contributed by atoms with van der Waals surface area (Å²) in [4.78, 5) is 0. The van der Waals surface area contributed by atoms with Crippen LogP contribution in [0.2, 0.25) is 0 Å². The second-order valence-corrected chi connectivity index (χ2v) is 3.20. The molecule has 0 bridgehead atoms. The summed E-state index contributed by atoms with van der Waals surface area (Å²) in [5.74, 6) is -1.00. The van der Waals surface area contributed by atoms with Crippen molar-refractivity contribution in [2.75, 3.05) is 13.2 Å². The molecule has 0 saturated heterocycles. The first kappa shape index (κ1) is 12.0. The standard InChI is InChI=1S/C10H13F2NO2/c11-8-1-2-10(12)7(3-8)4-13-5-9(15)6-14/h1-3,9,13-15H,4-6H2. The molecule has 0 fully saturated rings. The van der Waals surface area contributed by atoms with Gasteiger partial charge in [0.1, 0.15) is 11.6 Å². The smallest absolute Gasteiger partial charge is 0.127 e. The fraction of sp³-hybridized carbons (Fsp3) is 0.400. The van der Waals surface area contributed by atoms with Crippen molar-refractivity contribution >= 4 is 0 Å². The van der Waals surface area contributed by atoms with Crippen molar-refractivity contribution in [1.29, 1.82) is 0 Å². The Balaban J connectivity index is 2.46. The quantitative estimate of drug-likeness (QED) is 0.669. The molecule has 0 aliphatic rings. The Hall–Kier alpha value is -1.04. The minimum atomic E-state index is -0.887. The molecular formula is C10H13F2NO2. The van der Waals surface area contributed by atoms with Crippen molar-refractivity contribution in [3.63, 3.8) is 0 Å². The van der Waals surface area contributed by atoms with Crippen molar-refractivity contribution in [3.05, 3.63) is 35.4 Å². The number of halogens is 2. The van der Waals surface area contributed by atoms with E-state index in [2.05, 4.69) is 5.32 Å². The van der Waals surface area contributed by atoms with Crippen molar-refractivity contribution < 1.29 is 19.0 Å². The SMILES string of the molecule is OCC(O)CNCc1cc(F)ccc1F. The highest BCUT2D eigenvalue weighted by Crippen LogP contribution is 2.08. The fourth-order valence-corrected chi connectivity index (χ4v) is 1.12. The highest BCUT2D eigenvalue weighted by molar-refractivity contribution is 5.18. The van der Waals surface area contributed by atoms with E-state index in [-0.39, 0.29) is 25.3 Å². The van der Waals surface area contributed by atoms with Gasteiger partial charge in [0, 0.05) is 18.7 Å². The molecule has 15 heavy (non-hydrogen) atoms. The van der Waals surface area contributed by atoms with E-state index in [0.717, 1.165) is 18.2 Å². The molecule has 0 heterocycles. The lowest BCUT2D eigenvalue weighted by Crippen LogP contribution is -2.29. The van der Waals surface area contributed by atoms with Crippen LogP contribution in [0.25, 0.3) is 0 Å². The maximum atomic E-state index is 13.1. The minimum absolute atomic E-state index is 0.112. The average molecular weight is 217 g/mol. The lowest BCUT2D eigenvalue weighted by molar-refractivity contribution is 0.0941. The van der Waals surface area contributed by atoms with Crippen molar-refractivity contribution in [2.45, 2.75) is 12.6 Å². The summed E-state index contributed by atoms with van der Waals surface area (Å²) >= 11 is 0. The van der Waals surface area contributed by atoms with Crippen LogP contribution < -0.4 is 5.32 Å². The molecule has 3 nitrogen and oxygen atoms in total. The van der Waals surface area contributed by atoms with Crippen LogP contribution in [0.5, 0.6) is 0 Å². The van der Waals surface area contributed by atoms with Gasteiger partial charge in [0.25, 0.3) is 0 Å². The fourth-order valence-electron chi connectivity index (χ4n) is 1.12. The molecule has 1 atom stereocenters. The van der Waals surface area contributed by atoms with E-state index >= 15 is 0 Å². The monoisotopic (exact) mass is 217 g/mol. The lowest BCUT2D eigenvalue weighted by Gasteiger charge is -2.09. The Morgan fingerprint density at radius 2 is 2.07 bits per heavy atom. The molecule has 0 amide bonds. The van der Waals surface area contributed by atoms with Gasteiger partial charge in [-0.25, -0.2) is 8.78 Å². The van der Waals surface area contributed by atoms with Crippen molar-refractivity contribution in [1.82, 2.24) is 5.32 Å². The van der Waals surface area contributed by atoms with Crippen molar-refractivity contribution in [2.24, 2.45) is 0 Å². The van der Waals surface area contributed by atoms with Crippen LogP contribution in [0.1, 0.15) is 5.56 Å². The van der Waals surface area contributed by atoms with Crippen LogP contribution in [0.3, 0.4) is 0 Å². The van der Waals surface area contributed by atoms with Crippen LogP contribution in [0.15, 0.2) is 18.2 Å². The number of nitrogens with one attached hydrogen (secondary N) is 1. The number of hydrogen-bond acceptors (Lipinski definition) is 3. The first-order chi connectivity index (χ1) is 7.13. The van der Waals surface area contributed by atoms with Gasteiger partial charge in [-0.1, -0.05) is 0 Å². The molecule has 84 valence electrons. The Labute approximate surface area is 86.4 Å². The number of benzene rings is 1. The largest absolute Gasteiger partial charge is 0.394 e. The molecule has 1 aromatic rings. The van der Waals surface area contributed by atoms with Crippen LogP contribution >= 0.6 is 0 Å². The normalized spacial score (nSPS) is 12.8. The molecule has 5 heteroatoms. The van der Waals surface area contributed by atoms with E-state index in [9.17, 15) is 8.78 Å². The van der Waals surface area contributed by atoms with E-state index < -0.39 is 17.7 Å².